The van der Waals surface area contributed by atoms with Gasteiger partial charge in [0.05, 0.1) is 23.2 Å². The molecule has 0 radical (unpaired) electrons. The van der Waals surface area contributed by atoms with Crippen molar-refractivity contribution < 1.29 is 14.7 Å². The second-order valence-electron chi connectivity index (χ2n) is 5.31. The number of hydrogen-bond acceptors (Lipinski definition) is 4. The second-order valence-corrected chi connectivity index (χ2v) is 5.74. The van der Waals surface area contributed by atoms with Gasteiger partial charge in [-0.05, 0) is 37.6 Å². The molecule has 1 aliphatic rings. The number of rotatable bonds is 3. The van der Waals surface area contributed by atoms with Crippen molar-refractivity contribution in [3.8, 4) is 0 Å². The maximum absolute atomic E-state index is 12.0. The standard InChI is InChI=1S/C16H13ClN4O3/c1-7-12(19-8(2)13(7)16(23)24)6-18-21-14-10-5-9(17)3-4-11(10)20-15(14)22/h3-6,19H,1-2H3,(H,23,24)(H,20,21,22). The van der Waals surface area contributed by atoms with Crippen LogP contribution in [0.4, 0.5) is 5.69 Å². The summed E-state index contributed by atoms with van der Waals surface area (Å²) in [6.45, 7) is 3.35. The van der Waals surface area contributed by atoms with E-state index in [1.807, 2.05) is 0 Å². The molecule has 1 aromatic carbocycles. The zero-order valence-electron chi connectivity index (χ0n) is 12.8. The number of carbonyl (C=O) groups is 2. The minimum atomic E-state index is -1.01. The molecule has 1 aliphatic heterocycles. The van der Waals surface area contributed by atoms with Crippen LogP contribution in [0, 0.1) is 13.8 Å². The first-order chi connectivity index (χ1) is 11.4. The van der Waals surface area contributed by atoms with E-state index in [4.69, 9.17) is 11.6 Å². The SMILES string of the molecule is Cc1[nH]c(C=NN=C2C(=O)Nc3ccc(Cl)cc32)c(C)c1C(=O)O. The van der Waals surface area contributed by atoms with Crippen molar-refractivity contribution in [1.29, 1.82) is 0 Å². The van der Waals surface area contributed by atoms with E-state index < -0.39 is 5.97 Å². The molecule has 7 nitrogen and oxygen atoms in total. The number of fused-ring (bicyclic) bond motifs is 1. The molecule has 0 aliphatic carbocycles. The Morgan fingerprint density at radius 1 is 1.33 bits per heavy atom. The van der Waals surface area contributed by atoms with Gasteiger partial charge in [0.15, 0.2) is 5.71 Å². The average Bonchev–Trinajstić information content (AvgIpc) is 2.96. The number of halogens is 1. The van der Waals surface area contributed by atoms with E-state index >= 15 is 0 Å². The summed E-state index contributed by atoms with van der Waals surface area (Å²) in [6, 6.07) is 5.00. The summed E-state index contributed by atoms with van der Waals surface area (Å²) >= 11 is 5.94. The summed E-state index contributed by atoms with van der Waals surface area (Å²) in [5, 5.41) is 20.2. The van der Waals surface area contributed by atoms with Gasteiger partial charge in [-0.15, -0.1) is 5.10 Å². The molecular formula is C16H13ClN4O3. The largest absolute Gasteiger partial charge is 0.478 e. The highest BCUT2D eigenvalue weighted by Gasteiger charge is 2.26. The predicted octanol–water partition coefficient (Wildman–Crippen LogP) is 2.76. The van der Waals surface area contributed by atoms with Gasteiger partial charge in [-0.25, -0.2) is 4.79 Å². The van der Waals surface area contributed by atoms with Gasteiger partial charge in [-0.1, -0.05) is 11.6 Å². The quantitative estimate of drug-likeness (QED) is 0.588. The molecule has 24 heavy (non-hydrogen) atoms. The molecule has 0 saturated carbocycles. The number of aromatic nitrogens is 1. The van der Waals surface area contributed by atoms with Crippen LogP contribution in [0.5, 0.6) is 0 Å². The maximum Gasteiger partial charge on any atom is 0.337 e. The van der Waals surface area contributed by atoms with Crippen LogP contribution in [0.2, 0.25) is 5.02 Å². The lowest BCUT2D eigenvalue weighted by molar-refractivity contribution is -0.110. The van der Waals surface area contributed by atoms with Crippen molar-refractivity contribution in [3.63, 3.8) is 0 Å². The first-order valence-corrected chi connectivity index (χ1v) is 7.41. The van der Waals surface area contributed by atoms with Crippen LogP contribution in [0.25, 0.3) is 0 Å². The third kappa shape index (κ3) is 2.69. The summed E-state index contributed by atoms with van der Waals surface area (Å²) in [5.74, 6) is -1.37. The van der Waals surface area contributed by atoms with E-state index in [1.165, 1.54) is 6.21 Å². The molecule has 0 atom stereocenters. The number of amides is 1. The van der Waals surface area contributed by atoms with Crippen LogP contribution in [-0.2, 0) is 4.79 Å². The molecule has 3 N–H and O–H groups in total. The second kappa shape index (κ2) is 5.93. The van der Waals surface area contributed by atoms with Gasteiger partial charge in [0, 0.05) is 16.3 Å². The smallest absolute Gasteiger partial charge is 0.337 e. The number of aryl methyl sites for hydroxylation is 1. The molecule has 0 bridgehead atoms. The van der Waals surface area contributed by atoms with Gasteiger partial charge in [-0.2, -0.15) is 5.10 Å². The van der Waals surface area contributed by atoms with Crippen LogP contribution in [-0.4, -0.2) is 33.9 Å². The van der Waals surface area contributed by atoms with Gasteiger partial charge in [0.1, 0.15) is 0 Å². The first kappa shape index (κ1) is 15.9. The number of carbonyl (C=O) groups excluding carboxylic acids is 1. The minimum Gasteiger partial charge on any atom is -0.478 e. The molecule has 8 heteroatoms. The first-order valence-electron chi connectivity index (χ1n) is 7.03. The molecule has 0 unspecified atom stereocenters. The summed E-state index contributed by atoms with van der Waals surface area (Å²) in [4.78, 5) is 26.1. The van der Waals surface area contributed by atoms with Crippen LogP contribution < -0.4 is 5.32 Å². The van der Waals surface area contributed by atoms with Crippen LogP contribution in [0.1, 0.15) is 32.9 Å². The Hall–Kier alpha value is -2.93. The Bertz CT molecular complexity index is 928. The fourth-order valence-corrected chi connectivity index (χ4v) is 2.77. The van der Waals surface area contributed by atoms with Crippen LogP contribution >= 0.6 is 11.6 Å². The molecule has 1 amide bonds. The van der Waals surface area contributed by atoms with E-state index in [-0.39, 0.29) is 17.2 Å². The lowest BCUT2D eigenvalue weighted by Crippen LogP contribution is -2.13. The fourth-order valence-electron chi connectivity index (χ4n) is 2.59. The van der Waals surface area contributed by atoms with Crippen LogP contribution in [0.3, 0.4) is 0 Å². The van der Waals surface area contributed by atoms with E-state index in [2.05, 4.69) is 20.5 Å². The monoisotopic (exact) mass is 344 g/mol. The van der Waals surface area contributed by atoms with Crippen LogP contribution in [0.15, 0.2) is 28.4 Å². The molecular weight excluding hydrogens is 332 g/mol. The van der Waals surface area contributed by atoms with Gasteiger partial charge >= 0.3 is 5.97 Å². The highest BCUT2D eigenvalue weighted by atomic mass is 35.5. The summed E-state index contributed by atoms with van der Waals surface area (Å²) in [7, 11) is 0. The van der Waals surface area contributed by atoms with Crippen molar-refractivity contribution in [2.24, 2.45) is 10.2 Å². The van der Waals surface area contributed by atoms with Gasteiger partial charge < -0.3 is 15.4 Å². The van der Waals surface area contributed by atoms with E-state index in [0.717, 1.165) is 0 Å². The van der Waals surface area contributed by atoms with E-state index in [9.17, 15) is 14.7 Å². The van der Waals surface area contributed by atoms with E-state index in [0.29, 0.717) is 33.2 Å². The number of hydrogen-bond donors (Lipinski definition) is 3. The zero-order chi connectivity index (χ0) is 17.4. The van der Waals surface area contributed by atoms with E-state index in [1.54, 1.807) is 32.0 Å². The van der Waals surface area contributed by atoms with Crippen molar-refractivity contribution in [3.05, 3.63) is 51.3 Å². The molecule has 2 heterocycles. The lowest BCUT2D eigenvalue weighted by Gasteiger charge is -1.96. The zero-order valence-corrected chi connectivity index (χ0v) is 13.6. The molecule has 3 rings (SSSR count). The van der Waals surface area contributed by atoms with Crippen molar-refractivity contribution >= 4 is 41.1 Å². The maximum atomic E-state index is 12.0. The summed E-state index contributed by atoms with van der Waals surface area (Å²) in [6.07, 6.45) is 1.39. The summed E-state index contributed by atoms with van der Waals surface area (Å²) < 4.78 is 0. The number of aromatic carboxylic acids is 1. The molecule has 0 spiro atoms. The van der Waals surface area contributed by atoms with Gasteiger partial charge in [0.25, 0.3) is 5.91 Å². The molecule has 122 valence electrons. The minimum absolute atomic E-state index is 0.156. The number of nitrogens with zero attached hydrogens (tertiary/aromatic N) is 2. The molecule has 0 saturated heterocycles. The summed E-state index contributed by atoms with van der Waals surface area (Å²) in [5.41, 5.74) is 3.18. The number of benzene rings is 1. The Kier molecular flexibility index (Phi) is 3.94. The van der Waals surface area contributed by atoms with Crippen molar-refractivity contribution in [1.82, 2.24) is 4.98 Å². The topological polar surface area (TPSA) is 107 Å². The third-order valence-corrected chi connectivity index (χ3v) is 3.97. The number of aromatic amines is 1. The normalized spacial score (nSPS) is 15.1. The predicted molar refractivity (Wildman–Crippen MR) is 91.4 cm³/mol. The van der Waals surface area contributed by atoms with Gasteiger partial charge in [-0.3, -0.25) is 4.79 Å². The van der Waals surface area contributed by atoms with Crippen molar-refractivity contribution in [2.45, 2.75) is 13.8 Å². The Morgan fingerprint density at radius 2 is 2.08 bits per heavy atom. The Balaban J connectivity index is 1.94. The highest BCUT2D eigenvalue weighted by Crippen LogP contribution is 2.26. The number of carboxylic acids is 1. The number of carboxylic acid groups (broad SMARTS) is 1. The Morgan fingerprint density at radius 3 is 2.75 bits per heavy atom. The molecule has 2 aromatic rings. The van der Waals surface area contributed by atoms with Gasteiger partial charge in [0.2, 0.25) is 0 Å². The average molecular weight is 345 g/mol. The molecule has 0 fully saturated rings. The fraction of sp³-hybridized carbons (Fsp3) is 0.125. The Labute approximate surface area is 142 Å². The van der Waals surface area contributed by atoms with Crippen molar-refractivity contribution in [2.75, 3.05) is 5.32 Å². The highest BCUT2D eigenvalue weighted by molar-refractivity contribution is 6.54. The number of nitrogens with one attached hydrogen (secondary N) is 2. The number of H-pyrrole nitrogens is 1. The molecule has 1 aromatic heterocycles. The lowest BCUT2D eigenvalue weighted by atomic mass is 10.1. The third-order valence-electron chi connectivity index (χ3n) is 3.73. The number of anilines is 1.